The van der Waals surface area contributed by atoms with Crippen LogP contribution in [0.5, 0.6) is 0 Å². The predicted molar refractivity (Wildman–Crippen MR) is 110 cm³/mol. The summed E-state index contributed by atoms with van der Waals surface area (Å²) in [5.41, 5.74) is 6.19. The Bertz CT molecular complexity index is 994. The number of fused-ring (bicyclic) bond motifs is 1. The molecule has 0 radical (unpaired) electrons. The number of hydrogen-bond donors (Lipinski definition) is 1. The van der Waals surface area contributed by atoms with Crippen molar-refractivity contribution in [3.8, 4) is 0 Å². The van der Waals surface area contributed by atoms with Gasteiger partial charge in [-0.25, -0.2) is 0 Å². The minimum absolute atomic E-state index is 0. The number of aromatic amines is 1. The van der Waals surface area contributed by atoms with E-state index in [1.807, 2.05) is 0 Å². The van der Waals surface area contributed by atoms with Gasteiger partial charge in [0.1, 0.15) is 0 Å². The topological polar surface area (TPSA) is 15.8 Å². The third-order valence-electron chi connectivity index (χ3n) is 5.03. The van der Waals surface area contributed by atoms with E-state index in [9.17, 15) is 0 Å². The van der Waals surface area contributed by atoms with Crippen LogP contribution in [-0.2, 0) is 30.0 Å². The fourth-order valence-corrected chi connectivity index (χ4v) is 6.66. The first-order valence-corrected chi connectivity index (χ1v) is 11.0. The quantitative estimate of drug-likeness (QED) is 0.522. The average Bonchev–Trinajstić information content (AvgIpc) is 3.09. The van der Waals surface area contributed by atoms with Crippen LogP contribution in [0.2, 0.25) is 0 Å². The third-order valence-corrected chi connectivity index (χ3v) is 7.26. The summed E-state index contributed by atoms with van der Waals surface area (Å²) >= 11 is -0.451. The zero-order valence-corrected chi connectivity index (χ0v) is 21.3. The molecule has 1 aliphatic carbocycles. The fourth-order valence-electron chi connectivity index (χ4n) is 3.77. The van der Waals surface area contributed by atoms with Crippen LogP contribution >= 0.6 is 0 Å². The molecular weight excluding hydrogens is 421 g/mol. The Morgan fingerprint density at radius 3 is 2.04 bits per heavy atom. The van der Waals surface area contributed by atoms with Crippen LogP contribution < -0.4 is 39.3 Å². The summed E-state index contributed by atoms with van der Waals surface area (Å²) in [5.74, 6) is 0. The number of hydrogen-bond acceptors (Lipinski definition) is 0. The summed E-state index contributed by atoms with van der Waals surface area (Å²) in [6, 6.07) is 8.86. The molecule has 0 bridgehead atoms. The van der Waals surface area contributed by atoms with Gasteiger partial charge >= 0.3 is 167 Å². The van der Waals surface area contributed by atoms with E-state index in [-0.39, 0.29) is 35.6 Å². The van der Waals surface area contributed by atoms with Crippen molar-refractivity contribution in [2.75, 3.05) is 0 Å². The van der Waals surface area contributed by atoms with Gasteiger partial charge in [-0.15, -0.1) is 0 Å². The van der Waals surface area contributed by atoms with E-state index in [0.29, 0.717) is 0 Å². The van der Waals surface area contributed by atoms with Gasteiger partial charge in [-0.3, -0.25) is 0 Å². The van der Waals surface area contributed by atoms with Crippen molar-refractivity contribution < 1.29 is 44.0 Å². The molecule has 0 saturated carbocycles. The van der Waals surface area contributed by atoms with E-state index >= 15 is 0 Å². The molecule has 1 nitrogen and oxygen atoms in total. The summed E-state index contributed by atoms with van der Waals surface area (Å²) in [7, 11) is 0. The van der Waals surface area contributed by atoms with Crippen molar-refractivity contribution in [1.29, 1.82) is 0 Å². The molecule has 1 heterocycles. The maximum absolute atomic E-state index is 3.70. The standard InChI is InChI=1S/C12H20N.C12H11.2ClH.Ti/c1-11(2,3)9-7-13-8-10(9)12(4,5)6;1-9(2)12-7-10-5-3-4-6-11(10)8-12;;;/h7,13H,1-6H3;3-7H,1-2H3;2*1H;/q;;;;+2/p-2. The van der Waals surface area contributed by atoms with Gasteiger partial charge in [0.15, 0.2) is 0 Å². The summed E-state index contributed by atoms with van der Waals surface area (Å²) in [6.07, 6.45) is 4.65. The van der Waals surface area contributed by atoms with Crippen LogP contribution in [0, 0.1) is 0 Å². The van der Waals surface area contributed by atoms with Gasteiger partial charge < -0.3 is 24.8 Å². The maximum Gasteiger partial charge on any atom is -1.00 e. The van der Waals surface area contributed by atoms with E-state index in [4.69, 9.17) is 0 Å². The summed E-state index contributed by atoms with van der Waals surface area (Å²) < 4.78 is 3.06. The average molecular weight is 452 g/mol. The molecule has 0 aliphatic heterocycles. The number of aromatic nitrogens is 1. The third kappa shape index (κ3) is 4.87. The second-order valence-electron chi connectivity index (χ2n) is 9.60. The van der Waals surface area contributed by atoms with Crippen molar-refractivity contribution >= 4 is 14.0 Å². The Balaban J connectivity index is 0.00000196. The molecule has 3 rings (SSSR count). The van der Waals surface area contributed by atoms with Crippen molar-refractivity contribution in [2.45, 2.75) is 66.2 Å². The zero-order valence-electron chi connectivity index (χ0n) is 18.2. The summed E-state index contributed by atoms with van der Waals surface area (Å²) in [6.45, 7) is 18.5. The molecule has 1 N–H and O–H groups in total. The Hall–Kier alpha value is -0.726. The first-order valence-electron chi connectivity index (χ1n) is 9.48. The van der Waals surface area contributed by atoms with Gasteiger partial charge in [-0.05, 0) is 0 Å². The SMILES string of the molecule is CC(C)=C1C=c2ccccc2=[C]1[Ti+2][c]1[nH]cc(C(C)(C)C)c1C(C)(C)C.[Cl-].[Cl-]. The number of allylic oxidation sites excluding steroid dienone is 2. The molecule has 0 saturated heterocycles. The molecule has 0 atom stereocenters. The van der Waals surface area contributed by atoms with Crippen molar-refractivity contribution in [2.24, 2.45) is 0 Å². The van der Waals surface area contributed by atoms with Crippen molar-refractivity contribution in [3.63, 3.8) is 0 Å². The monoisotopic (exact) mass is 451 g/mol. The Labute approximate surface area is 191 Å². The minimum atomic E-state index is -0.451. The number of rotatable bonds is 2. The molecule has 1 aliphatic rings. The van der Waals surface area contributed by atoms with Crippen LogP contribution in [0.3, 0.4) is 0 Å². The van der Waals surface area contributed by atoms with Gasteiger partial charge in [0.25, 0.3) is 0 Å². The molecule has 0 amide bonds. The van der Waals surface area contributed by atoms with Crippen LogP contribution in [0.4, 0.5) is 0 Å². The number of halogens is 2. The van der Waals surface area contributed by atoms with E-state index in [2.05, 4.69) is 96.9 Å². The van der Waals surface area contributed by atoms with Crippen LogP contribution in [-0.4, -0.2) is 4.98 Å². The van der Waals surface area contributed by atoms with E-state index in [1.165, 1.54) is 36.7 Å². The summed E-state index contributed by atoms with van der Waals surface area (Å²) in [5, 5.41) is 2.82. The number of H-pyrrole nitrogens is 1. The molecule has 150 valence electrons. The van der Waals surface area contributed by atoms with E-state index in [1.54, 1.807) is 3.88 Å². The van der Waals surface area contributed by atoms with Gasteiger partial charge in [0, 0.05) is 0 Å². The Morgan fingerprint density at radius 2 is 1.50 bits per heavy atom. The molecule has 1 aromatic carbocycles. The van der Waals surface area contributed by atoms with Gasteiger partial charge in [0.2, 0.25) is 0 Å². The second-order valence-corrected chi connectivity index (χ2v) is 11.5. The molecular formula is C24H31Cl2NTi. The van der Waals surface area contributed by atoms with Gasteiger partial charge in [-0.2, -0.15) is 0 Å². The van der Waals surface area contributed by atoms with Crippen LogP contribution in [0.25, 0.3) is 9.95 Å². The smallest absolute Gasteiger partial charge is 1.00 e. The predicted octanol–water partition coefficient (Wildman–Crippen LogP) is -1.74. The normalized spacial score (nSPS) is 13.1. The van der Waals surface area contributed by atoms with Crippen molar-refractivity contribution in [1.82, 2.24) is 4.98 Å². The second kappa shape index (κ2) is 8.96. The Morgan fingerprint density at radius 1 is 0.893 bits per heavy atom. The molecule has 2 aromatic rings. The van der Waals surface area contributed by atoms with Gasteiger partial charge in [-0.1, -0.05) is 0 Å². The molecule has 28 heavy (non-hydrogen) atoms. The minimum Gasteiger partial charge on any atom is -1.00 e. The van der Waals surface area contributed by atoms with Crippen LogP contribution in [0.15, 0.2) is 41.6 Å². The fraction of sp³-hybridized carbons (Fsp3) is 0.417. The first kappa shape index (κ1) is 25.3. The van der Waals surface area contributed by atoms with E-state index in [0.717, 1.165) is 0 Å². The zero-order chi connectivity index (χ0) is 19.3. The molecule has 0 unspecified atom stereocenters. The maximum atomic E-state index is 3.70. The number of benzene rings is 1. The molecule has 0 spiro atoms. The first-order chi connectivity index (χ1) is 12.0. The molecule has 0 fully saturated rings. The van der Waals surface area contributed by atoms with Crippen molar-refractivity contribution in [3.05, 3.63) is 63.2 Å². The number of nitrogens with one attached hydrogen (secondary N) is 1. The summed E-state index contributed by atoms with van der Waals surface area (Å²) in [4.78, 5) is 3.70. The molecule has 4 heteroatoms. The largest absolute Gasteiger partial charge is 1.00 e. The molecule has 1 aromatic heterocycles. The van der Waals surface area contributed by atoms with Gasteiger partial charge in [0.05, 0.1) is 0 Å². The van der Waals surface area contributed by atoms with E-state index < -0.39 is 19.2 Å². The Kier molecular flexibility index (Phi) is 8.10. The van der Waals surface area contributed by atoms with Crippen LogP contribution in [0.1, 0.15) is 66.5 Å².